The van der Waals surface area contributed by atoms with Crippen molar-refractivity contribution in [2.45, 2.75) is 44.9 Å². The van der Waals surface area contributed by atoms with Gasteiger partial charge in [-0.15, -0.1) is 11.3 Å². The fourth-order valence-corrected chi connectivity index (χ4v) is 4.43. The van der Waals surface area contributed by atoms with Crippen molar-refractivity contribution in [3.05, 3.63) is 85.1 Å². The molecule has 2 heterocycles. The molecule has 0 saturated heterocycles. The van der Waals surface area contributed by atoms with Crippen LogP contribution in [0.4, 0.5) is 4.39 Å². The summed E-state index contributed by atoms with van der Waals surface area (Å²) in [7, 11) is 0. The first kappa shape index (κ1) is 24.4. The molecule has 34 heavy (non-hydrogen) atoms. The van der Waals surface area contributed by atoms with E-state index in [0.717, 1.165) is 44.2 Å². The van der Waals surface area contributed by atoms with Crippen molar-refractivity contribution in [2.75, 3.05) is 19.8 Å². The molecule has 1 aliphatic rings. The van der Waals surface area contributed by atoms with Gasteiger partial charge >= 0.3 is 5.69 Å². The maximum atomic E-state index is 14.3. The number of nitrogens with one attached hydrogen (secondary N) is 2. The molecule has 3 aromatic rings. The Balaban J connectivity index is 1.23. The number of halogens is 1. The number of benzene rings is 1. The summed E-state index contributed by atoms with van der Waals surface area (Å²) < 4.78 is 26.9. The van der Waals surface area contributed by atoms with Crippen LogP contribution in [0, 0.1) is 11.7 Å². The molecule has 182 valence electrons. The van der Waals surface area contributed by atoms with Gasteiger partial charge in [-0.05, 0) is 73.7 Å². The van der Waals surface area contributed by atoms with Crippen LogP contribution in [-0.4, -0.2) is 29.3 Å². The first-order valence-corrected chi connectivity index (χ1v) is 12.5. The molecule has 0 unspecified atom stereocenters. The molecule has 0 bridgehead atoms. The average Bonchev–Trinajstić information content (AvgIpc) is 3.50. The highest BCUT2D eigenvalue weighted by molar-refractivity contribution is 7.10. The van der Waals surface area contributed by atoms with Crippen LogP contribution in [0.15, 0.2) is 57.6 Å². The average molecular weight is 488 g/mol. The minimum absolute atomic E-state index is 0.0211. The summed E-state index contributed by atoms with van der Waals surface area (Å²) in [6.07, 6.45) is 6.53. The minimum atomic E-state index is -0.474. The lowest BCUT2D eigenvalue weighted by molar-refractivity contribution is 0.0707. The van der Waals surface area contributed by atoms with E-state index in [1.54, 1.807) is 11.3 Å². The van der Waals surface area contributed by atoms with E-state index in [-0.39, 0.29) is 18.6 Å². The van der Waals surface area contributed by atoms with Gasteiger partial charge in [0.05, 0.1) is 12.6 Å². The molecule has 1 aliphatic carbocycles. The second-order valence-electron chi connectivity index (χ2n) is 8.52. The van der Waals surface area contributed by atoms with Crippen molar-refractivity contribution in [1.29, 1.82) is 0 Å². The number of unbranched alkanes of at least 4 members (excludes halogenated alkanes) is 2. The lowest BCUT2D eigenvalue weighted by Crippen LogP contribution is -2.29. The van der Waals surface area contributed by atoms with Crippen LogP contribution in [-0.2, 0) is 11.5 Å². The topological polar surface area (TPSA) is 85.3 Å². The third-order valence-electron chi connectivity index (χ3n) is 5.73. The summed E-state index contributed by atoms with van der Waals surface area (Å²) in [4.78, 5) is 26.1. The van der Waals surface area contributed by atoms with Gasteiger partial charge in [0.15, 0.2) is 11.6 Å². The SMILES string of the molecule is O=c1ccn(COCCCCCN[C@@H](c2ccc(F)c(OCC3CC3)c2)c2cccs2)c(=O)[nH]1. The van der Waals surface area contributed by atoms with E-state index in [1.807, 2.05) is 23.6 Å². The number of hydrogen-bond acceptors (Lipinski definition) is 6. The number of aromatic amines is 1. The molecule has 2 N–H and O–H groups in total. The van der Waals surface area contributed by atoms with Gasteiger partial charge in [-0.2, -0.15) is 0 Å². The van der Waals surface area contributed by atoms with Crippen molar-refractivity contribution < 1.29 is 13.9 Å². The lowest BCUT2D eigenvalue weighted by Gasteiger charge is -2.19. The molecular weight excluding hydrogens is 457 g/mol. The fraction of sp³-hybridized carbons (Fsp3) is 0.440. The predicted molar refractivity (Wildman–Crippen MR) is 130 cm³/mol. The monoisotopic (exact) mass is 487 g/mol. The van der Waals surface area contributed by atoms with Crippen molar-refractivity contribution in [1.82, 2.24) is 14.9 Å². The Morgan fingerprint density at radius 2 is 2.06 bits per heavy atom. The summed E-state index contributed by atoms with van der Waals surface area (Å²) in [5, 5.41) is 5.65. The maximum Gasteiger partial charge on any atom is 0.330 e. The number of aromatic nitrogens is 2. The third kappa shape index (κ3) is 7.12. The summed E-state index contributed by atoms with van der Waals surface area (Å²) in [6, 6.07) is 10.5. The minimum Gasteiger partial charge on any atom is -0.490 e. The number of hydrogen-bond donors (Lipinski definition) is 2. The van der Waals surface area contributed by atoms with E-state index in [4.69, 9.17) is 9.47 Å². The molecule has 1 atom stereocenters. The number of ether oxygens (including phenoxy) is 2. The van der Waals surface area contributed by atoms with Gasteiger partial charge in [0.2, 0.25) is 0 Å². The quantitative estimate of drug-likeness (QED) is 0.335. The Labute approximate surface area is 201 Å². The zero-order chi connectivity index (χ0) is 23.8. The lowest BCUT2D eigenvalue weighted by atomic mass is 10.0. The fourth-order valence-electron chi connectivity index (χ4n) is 3.60. The summed E-state index contributed by atoms with van der Waals surface area (Å²) in [5.41, 5.74) is 0.0970. The Kier molecular flexibility index (Phi) is 8.67. The van der Waals surface area contributed by atoms with Crippen molar-refractivity contribution in [2.24, 2.45) is 5.92 Å². The molecule has 1 aromatic carbocycles. The van der Waals surface area contributed by atoms with Crippen molar-refractivity contribution in [3.63, 3.8) is 0 Å². The standard InChI is InChI=1S/C25H30FN3O4S/c26-20-9-8-19(15-21(20)33-16-18-6-7-18)24(22-5-4-14-34-22)27-11-2-1-3-13-32-17-29-12-10-23(30)28-25(29)31/h4-5,8-10,12,14-15,18,24,27H,1-3,6-7,11,13,16-17H2,(H,28,30,31)/t24-/m0/s1. The highest BCUT2D eigenvalue weighted by Gasteiger charge is 2.23. The second kappa shape index (κ2) is 12.1. The van der Waals surface area contributed by atoms with E-state index in [1.165, 1.54) is 27.8 Å². The zero-order valence-corrected chi connectivity index (χ0v) is 19.8. The largest absolute Gasteiger partial charge is 0.490 e. The Bertz CT molecular complexity index is 1160. The van der Waals surface area contributed by atoms with Gasteiger partial charge in [0.1, 0.15) is 6.73 Å². The van der Waals surface area contributed by atoms with Gasteiger partial charge in [-0.3, -0.25) is 14.3 Å². The van der Waals surface area contributed by atoms with Crippen LogP contribution in [0.5, 0.6) is 5.75 Å². The van der Waals surface area contributed by atoms with E-state index in [0.29, 0.717) is 24.9 Å². The van der Waals surface area contributed by atoms with E-state index >= 15 is 0 Å². The smallest absolute Gasteiger partial charge is 0.330 e. The molecule has 1 fully saturated rings. The van der Waals surface area contributed by atoms with Crippen molar-refractivity contribution in [3.8, 4) is 5.75 Å². The van der Waals surface area contributed by atoms with Gasteiger partial charge in [0, 0.05) is 23.7 Å². The van der Waals surface area contributed by atoms with E-state index in [2.05, 4.69) is 16.4 Å². The number of H-pyrrole nitrogens is 1. The Morgan fingerprint density at radius 1 is 1.18 bits per heavy atom. The highest BCUT2D eigenvalue weighted by Crippen LogP contribution is 2.32. The van der Waals surface area contributed by atoms with Gasteiger partial charge in [0.25, 0.3) is 5.56 Å². The summed E-state index contributed by atoms with van der Waals surface area (Å²) in [5.74, 6) is 0.570. The molecular formula is C25H30FN3O4S. The highest BCUT2D eigenvalue weighted by atomic mass is 32.1. The summed E-state index contributed by atoms with van der Waals surface area (Å²) >= 11 is 1.67. The van der Waals surface area contributed by atoms with Crippen LogP contribution in [0.2, 0.25) is 0 Å². The van der Waals surface area contributed by atoms with Crippen molar-refractivity contribution >= 4 is 11.3 Å². The number of thiophene rings is 1. The van der Waals surface area contributed by atoms with Crippen LogP contribution in [0.3, 0.4) is 0 Å². The molecule has 0 aliphatic heterocycles. The maximum absolute atomic E-state index is 14.3. The molecule has 9 heteroatoms. The van der Waals surface area contributed by atoms with Gasteiger partial charge in [-0.25, -0.2) is 9.18 Å². The van der Waals surface area contributed by atoms with E-state index < -0.39 is 11.2 Å². The first-order chi connectivity index (χ1) is 16.6. The zero-order valence-electron chi connectivity index (χ0n) is 19.0. The number of rotatable bonds is 14. The third-order valence-corrected chi connectivity index (χ3v) is 6.67. The van der Waals surface area contributed by atoms with Gasteiger partial charge in [-0.1, -0.05) is 12.1 Å². The Morgan fingerprint density at radius 3 is 2.82 bits per heavy atom. The normalized spacial score (nSPS) is 14.3. The van der Waals surface area contributed by atoms with Crippen LogP contribution < -0.4 is 21.3 Å². The molecule has 0 spiro atoms. The first-order valence-electron chi connectivity index (χ1n) is 11.7. The second-order valence-corrected chi connectivity index (χ2v) is 9.50. The van der Waals surface area contributed by atoms with Gasteiger partial charge < -0.3 is 14.8 Å². The van der Waals surface area contributed by atoms with Crippen LogP contribution >= 0.6 is 11.3 Å². The molecule has 0 radical (unpaired) electrons. The molecule has 4 rings (SSSR count). The number of nitrogens with zero attached hydrogens (tertiary/aromatic N) is 1. The molecule has 7 nitrogen and oxygen atoms in total. The van der Waals surface area contributed by atoms with Crippen LogP contribution in [0.1, 0.15) is 48.6 Å². The predicted octanol–water partition coefficient (Wildman–Crippen LogP) is 4.05. The molecule has 0 amide bonds. The summed E-state index contributed by atoms with van der Waals surface area (Å²) in [6.45, 7) is 2.03. The molecule has 1 saturated carbocycles. The molecule has 2 aromatic heterocycles. The van der Waals surface area contributed by atoms with E-state index in [9.17, 15) is 14.0 Å². The Hall–Kier alpha value is -2.75. The van der Waals surface area contributed by atoms with Crippen LogP contribution in [0.25, 0.3) is 0 Å².